The third-order valence-corrected chi connectivity index (χ3v) is 4.47. The molecule has 39 heavy (non-hydrogen) atoms. The molecule has 208 valence electrons. The molecule has 0 saturated heterocycles. The third-order valence-electron chi connectivity index (χ3n) is 4.25. The van der Waals surface area contributed by atoms with E-state index in [0.717, 1.165) is 20.0 Å². The third kappa shape index (κ3) is 12.8. The summed E-state index contributed by atoms with van der Waals surface area (Å²) in [5.74, 6) is 0.0656. The zero-order valence-corrected chi connectivity index (χ0v) is 21.1. The molecule has 15 heteroatoms. The van der Waals surface area contributed by atoms with Gasteiger partial charge in [-0.05, 0) is 50.2 Å². The number of nitriles is 2. The summed E-state index contributed by atoms with van der Waals surface area (Å²) in [5, 5.41) is 17.2. The van der Waals surface area contributed by atoms with Gasteiger partial charge in [0, 0.05) is 12.7 Å². The number of ether oxygens (including phenoxy) is 2. The fourth-order valence-corrected chi connectivity index (χ4v) is 2.21. The molecule has 0 aliphatic carbocycles. The Morgan fingerprint density at radius 1 is 0.769 bits per heavy atom. The van der Waals surface area contributed by atoms with Gasteiger partial charge in [-0.2, -0.15) is 36.9 Å². The van der Waals surface area contributed by atoms with Crippen molar-refractivity contribution in [1.29, 1.82) is 10.5 Å². The van der Waals surface area contributed by atoms with Gasteiger partial charge in [0.05, 0.1) is 23.1 Å². The number of nitrogens with zero attached hydrogens (tertiary/aromatic N) is 5. The molecule has 0 radical (unpaired) electrons. The highest BCUT2D eigenvalue weighted by molar-refractivity contribution is 6.30. The molecule has 2 atom stereocenters. The molecule has 3 aromatic rings. The van der Waals surface area contributed by atoms with Crippen LogP contribution in [0.2, 0.25) is 5.02 Å². The molecule has 0 bridgehead atoms. The van der Waals surface area contributed by atoms with Crippen molar-refractivity contribution in [3.63, 3.8) is 0 Å². The molecular weight excluding hydrogens is 554 g/mol. The van der Waals surface area contributed by atoms with Crippen LogP contribution in [-0.4, -0.2) is 39.5 Å². The Morgan fingerprint density at radius 3 is 1.51 bits per heavy atom. The van der Waals surface area contributed by atoms with Gasteiger partial charge in [0.15, 0.2) is 12.2 Å². The van der Waals surface area contributed by atoms with Crippen LogP contribution in [0.5, 0.6) is 11.5 Å². The van der Waals surface area contributed by atoms with E-state index in [1.807, 2.05) is 6.07 Å². The maximum absolute atomic E-state index is 12.1. The Morgan fingerprint density at radius 2 is 1.21 bits per heavy atom. The lowest BCUT2D eigenvalue weighted by Gasteiger charge is -2.17. The first-order chi connectivity index (χ1) is 18.2. The summed E-state index contributed by atoms with van der Waals surface area (Å²) in [6.07, 6.45) is -8.76. The lowest BCUT2D eigenvalue weighted by molar-refractivity contribution is -0.189. The SMILES string of the molecule is CC(Oc1ccc(C#N)nc1)C(F)(F)F.CC(Oc1ccc(CN)nc1)C(F)(F)F.N#Cc1ccc(Cl)cn1. The predicted molar refractivity (Wildman–Crippen MR) is 127 cm³/mol. The minimum atomic E-state index is -4.41. The van der Waals surface area contributed by atoms with E-state index < -0.39 is 24.6 Å². The van der Waals surface area contributed by atoms with Crippen LogP contribution in [0.15, 0.2) is 55.0 Å². The number of nitrogens with two attached hydrogens (primary N) is 1. The van der Waals surface area contributed by atoms with Crippen molar-refractivity contribution < 1.29 is 35.8 Å². The lowest BCUT2D eigenvalue weighted by atomic mass is 10.3. The summed E-state index contributed by atoms with van der Waals surface area (Å²) >= 11 is 5.50. The van der Waals surface area contributed by atoms with Crippen LogP contribution in [-0.2, 0) is 6.54 Å². The monoisotopic (exact) mass is 574 g/mol. The number of hydrogen-bond acceptors (Lipinski definition) is 8. The standard InChI is InChI=1S/C9H11F3N2O.C9H7F3N2O.C6H3ClN2/c2*1-6(9(10,11)12)15-8-3-2-7(4-13)14-5-8;7-5-1-2-6(3-8)9-4-5/h2-3,5-6H,4,13H2,1H3;2-3,5-6H,1H3;1-2,4H. The quantitative estimate of drug-likeness (QED) is 0.381. The van der Waals surface area contributed by atoms with Crippen molar-refractivity contribution in [3.8, 4) is 23.6 Å². The minimum Gasteiger partial charge on any atom is -0.480 e. The van der Waals surface area contributed by atoms with Gasteiger partial charge >= 0.3 is 12.4 Å². The Bertz CT molecular complexity index is 1230. The van der Waals surface area contributed by atoms with Gasteiger partial charge in [-0.3, -0.25) is 4.98 Å². The molecule has 2 N–H and O–H groups in total. The van der Waals surface area contributed by atoms with Crippen LogP contribution in [0, 0.1) is 22.7 Å². The highest BCUT2D eigenvalue weighted by Gasteiger charge is 2.38. The molecular formula is C24H21ClF6N6O2. The smallest absolute Gasteiger partial charge is 0.425 e. The van der Waals surface area contributed by atoms with Gasteiger partial charge in [0.1, 0.15) is 35.0 Å². The van der Waals surface area contributed by atoms with Crippen molar-refractivity contribution in [2.24, 2.45) is 5.73 Å². The number of aromatic nitrogens is 3. The second kappa shape index (κ2) is 15.3. The Balaban J connectivity index is 0.000000302. The van der Waals surface area contributed by atoms with Gasteiger partial charge in [-0.25, -0.2) is 9.97 Å². The van der Waals surface area contributed by atoms with E-state index in [9.17, 15) is 26.3 Å². The van der Waals surface area contributed by atoms with Crippen LogP contribution < -0.4 is 15.2 Å². The highest BCUT2D eigenvalue weighted by Crippen LogP contribution is 2.25. The van der Waals surface area contributed by atoms with E-state index in [2.05, 4.69) is 24.4 Å². The van der Waals surface area contributed by atoms with Gasteiger partial charge in [0.2, 0.25) is 0 Å². The van der Waals surface area contributed by atoms with Gasteiger partial charge < -0.3 is 15.2 Å². The van der Waals surface area contributed by atoms with E-state index in [0.29, 0.717) is 16.4 Å². The van der Waals surface area contributed by atoms with Crippen molar-refractivity contribution in [1.82, 2.24) is 15.0 Å². The van der Waals surface area contributed by atoms with Crippen LogP contribution in [0.1, 0.15) is 30.9 Å². The second-order valence-corrected chi connectivity index (χ2v) is 7.69. The summed E-state index contributed by atoms with van der Waals surface area (Å²) in [7, 11) is 0. The van der Waals surface area contributed by atoms with E-state index >= 15 is 0 Å². The van der Waals surface area contributed by atoms with Crippen molar-refractivity contribution in [3.05, 3.63) is 77.1 Å². The molecule has 0 amide bonds. The topological polar surface area (TPSA) is 131 Å². The van der Waals surface area contributed by atoms with Crippen LogP contribution in [0.3, 0.4) is 0 Å². The summed E-state index contributed by atoms with van der Waals surface area (Å²) < 4.78 is 81.8. The average Bonchev–Trinajstić information content (AvgIpc) is 2.89. The number of halogens is 7. The molecule has 3 rings (SSSR count). The summed E-state index contributed by atoms with van der Waals surface area (Å²) in [6, 6.07) is 12.3. The second-order valence-electron chi connectivity index (χ2n) is 7.26. The van der Waals surface area contributed by atoms with E-state index in [1.165, 1.54) is 36.7 Å². The van der Waals surface area contributed by atoms with E-state index in [-0.39, 0.29) is 23.7 Å². The van der Waals surface area contributed by atoms with E-state index in [4.69, 9.17) is 27.9 Å². The normalized spacial score (nSPS) is 12.2. The number of rotatable bonds is 5. The van der Waals surface area contributed by atoms with Crippen LogP contribution in [0.4, 0.5) is 26.3 Å². The largest absolute Gasteiger partial charge is 0.480 e. The Kier molecular flexibility index (Phi) is 12.9. The molecule has 0 aliphatic heterocycles. The van der Waals surface area contributed by atoms with E-state index in [1.54, 1.807) is 18.2 Å². The number of alkyl halides is 6. The zero-order valence-electron chi connectivity index (χ0n) is 20.3. The first kappa shape index (κ1) is 32.9. The highest BCUT2D eigenvalue weighted by atomic mass is 35.5. The molecule has 0 aromatic carbocycles. The fraction of sp³-hybridized carbons (Fsp3) is 0.292. The zero-order chi connectivity index (χ0) is 29.6. The van der Waals surface area contributed by atoms with Crippen molar-refractivity contribution in [2.75, 3.05) is 0 Å². The molecule has 0 spiro atoms. The Labute approximate surface area is 224 Å². The summed E-state index contributed by atoms with van der Waals surface area (Å²) in [4.78, 5) is 11.1. The van der Waals surface area contributed by atoms with Crippen LogP contribution in [0.25, 0.3) is 0 Å². The number of hydrogen-bond donors (Lipinski definition) is 1. The van der Waals surface area contributed by atoms with Crippen LogP contribution >= 0.6 is 11.6 Å². The maximum atomic E-state index is 12.1. The van der Waals surface area contributed by atoms with Gasteiger partial charge in [0.25, 0.3) is 0 Å². The molecule has 3 heterocycles. The average molecular weight is 575 g/mol. The predicted octanol–water partition coefficient (Wildman–Crippen LogP) is 5.76. The molecule has 0 fully saturated rings. The first-order valence-corrected chi connectivity index (χ1v) is 11.1. The number of pyridine rings is 3. The van der Waals surface area contributed by atoms with Crippen molar-refractivity contribution >= 4 is 11.6 Å². The summed E-state index contributed by atoms with van der Waals surface area (Å²) in [6.45, 7) is 2.09. The van der Waals surface area contributed by atoms with Crippen molar-refractivity contribution in [2.45, 2.75) is 45.0 Å². The molecule has 0 saturated carbocycles. The summed E-state index contributed by atoms with van der Waals surface area (Å²) in [5.41, 5.74) is 6.40. The van der Waals surface area contributed by atoms with Gasteiger partial charge in [-0.1, -0.05) is 11.6 Å². The fourth-order valence-electron chi connectivity index (χ4n) is 2.10. The molecule has 0 aliphatic rings. The Hall–Kier alpha value is -4.14. The minimum absolute atomic E-state index is 0.0150. The molecule has 3 aromatic heterocycles. The molecule has 2 unspecified atom stereocenters. The lowest BCUT2D eigenvalue weighted by Crippen LogP contribution is -2.31. The molecule has 8 nitrogen and oxygen atoms in total. The van der Waals surface area contributed by atoms with Gasteiger partial charge in [-0.15, -0.1) is 0 Å². The first-order valence-electron chi connectivity index (χ1n) is 10.7. The maximum Gasteiger partial charge on any atom is 0.425 e.